The minimum Gasteiger partial charge on any atom is -0.345 e. The van der Waals surface area contributed by atoms with Crippen molar-refractivity contribution in [1.82, 2.24) is 5.32 Å². The second kappa shape index (κ2) is 6.78. The summed E-state index contributed by atoms with van der Waals surface area (Å²) >= 11 is 11.7. The molecule has 0 aliphatic rings. The van der Waals surface area contributed by atoms with Crippen LogP contribution in [0.5, 0.6) is 0 Å². The SMILES string of the molecule is C[C@@H](NC(=O)c1ccc(C#N)cc1)c1cc(F)c(Cl)cc1Cl. The normalized spacial score (nSPS) is 11.6. The quantitative estimate of drug-likeness (QED) is 0.839. The molecule has 0 saturated carbocycles. The molecule has 0 radical (unpaired) electrons. The lowest BCUT2D eigenvalue weighted by Gasteiger charge is -2.16. The Morgan fingerprint density at radius 1 is 1.23 bits per heavy atom. The lowest BCUT2D eigenvalue weighted by Crippen LogP contribution is -2.26. The largest absolute Gasteiger partial charge is 0.345 e. The van der Waals surface area contributed by atoms with E-state index in [-0.39, 0.29) is 16.0 Å². The molecule has 2 aromatic rings. The van der Waals surface area contributed by atoms with Crippen molar-refractivity contribution >= 4 is 29.1 Å². The smallest absolute Gasteiger partial charge is 0.251 e. The highest BCUT2D eigenvalue weighted by atomic mass is 35.5. The number of nitriles is 1. The van der Waals surface area contributed by atoms with Crippen molar-refractivity contribution in [2.24, 2.45) is 0 Å². The second-order valence-electron chi connectivity index (χ2n) is 4.67. The van der Waals surface area contributed by atoms with Crippen LogP contribution in [0.1, 0.15) is 34.5 Å². The van der Waals surface area contributed by atoms with Crippen LogP contribution in [-0.2, 0) is 0 Å². The number of amides is 1. The Hall–Kier alpha value is -2.09. The Morgan fingerprint density at radius 3 is 2.45 bits per heavy atom. The summed E-state index contributed by atoms with van der Waals surface area (Å²) < 4.78 is 13.5. The highest BCUT2D eigenvalue weighted by Crippen LogP contribution is 2.28. The first-order chi connectivity index (χ1) is 10.4. The van der Waals surface area contributed by atoms with Crippen LogP contribution in [0.15, 0.2) is 36.4 Å². The van der Waals surface area contributed by atoms with Gasteiger partial charge in [0.2, 0.25) is 0 Å². The van der Waals surface area contributed by atoms with Gasteiger partial charge in [-0.3, -0.25) is 4.79 Å². The maximum absolute atomic E-state index is 13.5. The Morgan fingerprint density at radius 2 is 1.86 bits per heavy atom. The van der Waals surface area contributed by atoms with E-state index in [1.807, 2.05) is 6.07 Å². The lowest BCUT2D eigenvalue weighted by molar-refractivity contribution is 0.0940. The fraction of sp³-hybridized carbons (Fsp3) is 0.125. The number of carbonyl (C=O) groups excluding carboxylic acids is 1. The third kappa shape index (κ3) is 3.56. The third-order valence-corrected chi connectivity index (χ3v) is 3.75. The van der Waals surface area contributed by atoms with Gasteiger partial charge in [0.1, 0.15) is 5.82 Å². The monoisotopic (exact) mass is 336 g/mol. The van der Waals surface area contributed by atoms with Gasteiger partial charge in [0.25, 0.3) is 5.91 Å². The van der Waals surface area contributed by atoms with Gasteiger partial charge in [0.15, 0.2) is 0 Å². The molecule has 0 aliphatic carbocycles. The number of carbonyl (C=O) groups is 1. The average molecular weight is 337 g/mol. The number of nitrogens with one attached hydrogen (secondary N) is 1. The molecule has 0 aliphatic heterocycles. The van der Waals surface area contributed by atoms with Crippen molar-refractivity contribution < 1.29 is 9.18 Å². The van der Waals surface area contributed by atoms with Crippen LogP contribution >= 0.6 is 23.2 Å². The zero-order valence-corrected chi connectivity index (χ0v) is 13.0. The predicted molar refractivity (Wildman–Crippen MR) is 83.5 cm³/mol. The molecule has 1 N–H and O–H groups in total. The third-order valence-electron chi connectivity index (χ3n) is 3.13. The molecule has 0 heterocycles. The van der Waals surface area contributed by atoms with Gasteiger partial charge in [-0.05, 0) is 48.9 Å². The molecular weight excluding hydrogens is 326 g/mol. The number of hydrogen-bond donors (Lipinski definition) is 1. The summed E-state index contributed by atoms with van der Waals surface area (Å²) in [6.07, 6.45) is 0. The van der Waals surface area contributed by atoms with E-state index in [9.17, 15) is 9.18 Å². The van der Waals surface area contributed by atoms with E-state index < -0.39 is 11.9 Å². The highest BCUT2D eigenvalue weighted by Gasteiger charge is 2.16. The molecule has 0 aromatic heterocycles. The molecule has 112 valence electrons. The maximum Gasteiger partial charge on any atom is 0.251 e. The molecule has 0 saturated heterocycles. The fourth-order valence-corrected chi connectivity index (χ4v) is 2.47. The van der Waals surface area contributed by atoms with E-state index in [0.717, 1.165) is 0 Å². The summed E-state index contributed by atoms with van der Waals surface area (Å²) in [5, 5.41) is 11.7. The Labute approximate surface area is 137 Å². The molecule has 0 spiro atoms. The van der Waals surface area contributed by atoms with Crippen LogP contribution in [0.3, 0.4) is 0 Å². The first-order valence-corrected chi connectivity index (χ1v) is 7.13. The molecule has 2 rings (SSSR count). The first kappa shape index (κ1) is 16.3. The number of halogens is 3. The fourth-order valence-electron chi connectivity index (χ4n) is 1.92. The van der Waals surface area contributed by atoms with Crippen LogP contribution in [-0.4, -0.2) is 5.91 Å². The van der Waals surface area contributed by atoms with Crippen molar-refractivity contribution in [3.05, 3.63) is 69.0 Å². The summed E-state index contributed by atoms with van der Waals surface area (Å²) in [6, 6.07) is 10.2. The van der Waals surface area contributed by atoms with Crippen molar-refractivity contribution in [1.29, 1.82) is 5.26 Å². The van der Waals surface area contributed by atoms with E-state index in [4.69, 9.17) is 28.5 Å². The van der Waals surface area contributed by atoms with Gasteiger partial charge in [0.05, 0.1) is 22.7 Å². The van der Waals surface area contributed by atoms with Gasteiger partial charge in [-0.1, -0.05) is 23.2 Å². The van der Waals surface area contributed by atoms with Crippen molar-refractivity contribution in [3.63, 3.8) is 0 Å². The standard InChI is InChI=1S/C16H11Cl2FN2O/c1-9(12-6-15(19)14(18)7-13(12)17)21-16(22)11-4-2-10(8-20)3-5-11/h2-7,9H,1H3,(H,21,22)/t9-/m1/s1. The number of benzene rings is 2. The topological polar surface area (TPSA) is 52.9 Å². The van der Waals surface area contributed by atoms with Gasteiger partial charge < -0.3 is 5.32 Å². The molecule has 6 heteroatoms. The van der Waals surface area contributed by atoms with Crippen LogP contribution in [0.4, 0.5) is 4.39 Å². The number of hydrogen-bond acceptors (Lipinski definition) is 2. The van der Waals surface area contributed by atoms with Gasteiger partial charge in [-0.25, -0.2) is 4.39 Å². The first-order valence-electron chi connectivity index (χ1n) is 6.38. The molecule has 3 nitrogen and oxygen atoms in total. The summed E-state index contributed by atoms with van der Waals surface area (Å²) in [5.74, 6) is -0.941. The molecule has 22 heavy (non-hydrogen) atoms. The molecule has 0 fully saturated rings. The molecule has 1 amide bonds. The van der Waals surface area contributed by atoms with Gasteiger partial charge in [-0.15, -0.1) is 0 Å². The Bertz CT molecular complexity index is 754. The lowest BCUT2D eigenvalue weighted by atomic mass is 10.1. The zero-order valence-electron chi connectivity index (χ0n) is 11.5. The minimum absolute atomic E-state index is 0.0700. The van der Waals surface area contributed by atoms with Crippen molar-refractivity contribution in [2.45, 2.75) is 13.0 Å². The van der Waals surface area contributed by atoms with Crippen LogP contribution < -0.4 is 5.32 Å². The van der Waals surface area contributed by atoms with Gasteiger partial charge >= 0.3 is 0 Å². The van der Waals surface area contributed by atoms with E-state index >= 15 is 0 Å². The predicted octanol–water partition coefficient (Wildman–Crippen LogP) is 4.50. The molecule has 0 unspecified atom stereocenters. The minimum atomic E-state index is -0.597. The van der Waals surface area contributed by atoms with Crippen molar-refractivity contribution in [2.75, 3.05) is 0 Å². The second-order valence-corrected chi connectivity index (χ2v) is 5.49. The van der Waals surface area contributed by atoms with Crippen LogP contribution in [0.25, 0.3) is 0 Å². The van der Waals surface area contributed by atoms with Crippen LogP contribution in [0, 0.1) is 17.1 Å². The summed E-state index contributed by atoms with van der Waals surface area (Å²) in [7, 11) is 0. The number of nitrogens with zero attached hydrogens (tertiary/aromatic N) is 1. The average Bonchev–Trinajstić information content (AvgIpc) is 2.50. The van der Waals surface area contributed by atoms with E-state index in [1.165, 1.54) is 12.1 Å². The van der Waals surface area contributed by atoms with E-state index in [0.29, 0.717) is 16.7 Å². The summed E-state index contributed by atoms with van der Waals surface area (Å²) in [4.78, 5) is 12.1. The molecule has 2 aromatic carbocycles. The Kier molecular flexibility index (Phi) is 5.02. The zero-order chi connectivity index (χ0) is 16.3. The van der Waals surface area contributed by atoms with E-state index in [2.05, 4.69) is 5.32 Å². The van der Waals surface area contributed by atoms with Gasteiger partial charge in [0, 0.05) is 10.6 Å². The van der Waals surface area contributed by atoms with Gasteiger partial charge in [-0.2, -0.15) is 5.26 Å². The summed E-state index contributed by atoms with van der Waals surface area (Å²) in [6.45, 7) is 1.69. The molecule has 0 bridgehead atoms. The molecule has 1 atom stereocenters. The maximum atomic E-state index is 13.5. The Balaban J connectivity index is 2.17. The molecular formula is C16H11Cl2FN2O. The van der Waals surface area contributed by atoms with Crippen molar-refractivity contribution in [3.8, 4) is 6.07 Å². The summed E-state index contributed by atoms with van der Waals surface area (Å²) in [5.41, 5.74) is 1.30. The van der Waals surface area contributed by atoms with Crippen LogP contribution in [0.2, 0.25) is 10.0 Å². The number of rotatable bonds is 3. The van der Waals surface area contributed by atoms with E-state index in [1.54, 1.807) is 31.2 Å². The highest BCUT2D eigenvalue weighted by molar-refractivity contribution is 6.35.